The summed E-state index contributed by atoms with van der Waals surface area (Å²) in [6.45, 7) is -1.04. The van der Waals surface area contributed by atoms with E-state index >= 15 is 0 Å². The molecule has 3 N–H and O–H groups in total. The summed E-state index contributed by atoms with van der Waals surface area (Å²) in [7, 11) is -4.56. The lowest BCUT2D eigenvalue weighted by Crippen LogP contribution is -2.22. The second kappa shape index (κ2) is 5.23. The lowest BCUT2D eigenvalue weighted by molar-refractivity contribution is -0.137. The van der Waals surface area contributed by atoms with Crippen LogP contribution in [0.5, 0.6) is 0 Å². The first-order valence-electron chi connectivity index (χ1n) is 2.89. The van der Waals surface area contributed by atoms with Gasteiger partial charge in [-0.15, -0.1) is 0 Å². The fourth-order valence-corrected chi connectivity index (χ4v) is 0.754. The lowest BCUT2D eigenvalue weighted by Gasteiger charge is -2.12. The van der Waals surface area contributed by atoms with Crippen molar-refractivity contribution in [3.63, 3.8) is 0 Å². The first kappa shape index (κ1) is 11.5. The van der Waals surface area contributed by atoms with Crippen LogP contribution >= 0.6 is 7.82 Å². The van der Waals surface area contributed by atoms with E-state index in [2.05, 4.69) is 9.26 Å². The van der Waals surface area contributed by atoms with Crippen molar-refractivity contribution in [3.05, 3.63) is 0 Å². The van der Waals surface area contributed by atoms with Gasteiger partial charge in [-0.1, -0.05) is 0 Å². The Hall–Kier alpha value is -0.460. The summed E-state index contributed by atoms with van der Waals surface area (Å²) in [5, 5.41) is 8.44. The summed E-state index contributed by atoms with van der Waals surface area (Å²) < 4.78 is 18.2. The molecule has 0 aliphatic rings. The minimum Gasteiger partial charge on any atom is -0.460 e. The van der Waals surface area contributed by atoms with Gasteiger partial charge in [-0.3, -0.25) is 9.32 Å². The molecule has 0 saturated heterocycles. The third kappa shape index (κ3) is 6.26. The van der Waals surface area contributed by atoms with Gasteiger partial charge in [-0.2, -0.15) is 0 Å². The van der Waals surface area contributed by atoms with E-state index in [4.69, 9.17) is 14.9 Å². The zero-order chi connectivity index (χ0) is 9.61. The molecule has 0 aliphatic carbocycles. The van der Waals surface area contributed by atoms with Gasteiger partial charge in [0.05, 0.1) is 13.2 Å². The van der Waals surface area contributed by atoms with Crippen molar-refractivity contribution in [2.45, 2.75) is 6.10 Å². The van der Waals surface area contributed by atoms with Crippen molar-refractivity contribution < 1.29 is 33.5 Å². The Morgan fingerprint density at radius 3 is 2.42 bits per heavy atom. The normalized spacial score (nSPS) is 13.9. The molecule has 0 aromatic heterocycles. The average Bonchev–Trinajstić information content (AvgIpc) is 1.96. The molecule has 0 radical (unpaired) electrons. The molecule has 0 saturated carbocycles. The zero-order valence-corrected chi connectivity index (χ0v) is 6.89. The molecule has 0 amide bonds. The van der Waals surface area contributed by atoms with Crippen LogP contribution in [0.3, 0.4) is 0 Å². The molecule has 0 unspecified atom stereocenters. The second-order valence-corrected chi connectivity index (χ2v) is 3.06. The number of rotatable bonds is 6. The number of hydrogen-bond acceptors (Lipinski definition) is 5. The van der Waals surface area contributed by atoms with Crippen molar-refractivity contribution in [1.29, 1.82) is 0 Å². The van der Waals surface area contributed by atoms with Crippen LogP contribution in [0.4, 0.5) is 0 Å². The van der Waals surface area contributed by atoms with Crippen molar-refractivity contribution in [1.82, 2.24) is 0 Å². The quantitative estimate of drug-likeness (QED) is 0.358. The topological polar surface area (TPSA) is 113 Å². The lowest BCUT2D eigenvalue weighted by atomic mass is 10.4. The number of aliphatic hydroxyl groups excluding tert-OH is 1. The largest absolute Gasteiger partial charge is 0.469 e. The van der Waals surface area contributed by atoms with E-state index in [1.165, 1.54) is 0 Å². The highest BCUT2D eigenvalue weighted by atomic mass is 31.2. The first-order valence-corrected chi connectivity index (χ1v) is 4.42. The summed E-state index contributed by atoms with van der Waals surface area (Å²) >= 11 is 0. The van der Waals surface area contributed by atoms with E-state index in [9.17, 15) is 9.36 Å². The number of ether oxygens (including phenoxy) is 1. The van der Waals surface area contributed by atoms with E-state index in [1.54, 1.807) is 0 Å². The molecule has 0 spiro atoms. The minimum atomic E-state index is -4.56. The summed E-state index contributed by atoms with van der Waals surface area (Å²) in [5.74, 6) is 0. The van der Waals surface area contributed by atoms with Gasteiger partial charge in [0.1, 0.15) is 6.10 Å². The molecule has 12 heavy (non-hydrogen) atoms. The number of hydrogen-bond donors (Lipinski definition) is 3. The molecule has 0 aromatic rings. The van der Waals surface area contributed by atoms with Crippen LogP contribution in [0.15, 0.2) is 0 Å². The molecular formula is C4H9O7P. The molecule has 72 valence electrons. The summed E-state index contributed by atoms with van der Waals surface area (Å²) in [5.41, 5.74) is 0. The van der Waals surface area contributed by atoms with Gasteiger partial charge < -0.3 is 19.6 Å². The smallest absolute Gasteiger partial charge is 0.460 e. The molecule has 7 nitrogen and oxygen atoms in total. The predicted molar refractivity (Wildman–Crippen MR) is 36.0 cm³/mol. The molecule has 8 heteroatoms. The van der Waals surface area contributed by atoms with E-state index in [1.807, 2.05) is 0 Å². The molecule has 0 fully saturated rings. The van der Waals surface area contributed by atoms with Gasteiger partial charge in [0.15, 0.2) is 0 Å². The van der Waals surface area contributed by atoms with Crippen LogP contribution < -0.4 is 0 Å². The predicted octanol–water partition coefficient (Wildman–Crippen LogP) is -1.37. The van der Waals surface area contributed by atoms with Gasteiger partial charge in [-0.05, 0) is 0 Å². The highest BCUT2D eigenvalue weighted by molar-refractivity contribution is 7.46. The summed E-state index contributed by atoms with van der Waals surface area (Å²) in [4.78, 5) is 26.1. The molecule has 0 heterocycles. The Bertz CT molecular complexity index is 174. The fourth-order valence-electron chi connectivity index (χ4n) is 0.394. The Balaban J connectivity index is 3.72. The minimum absolute atomic E-state index is 0.0594. The standard InChI is InChI=1S/C4H9O7P/c5-1-4(10-3-6)2-11-12(7,8)9/h3-5H,1-2H2,(H2,7,8,9)/t4-/m1/s1. The highest BCUT2D eigenvalue weighted by Crippen LogP contribution is 2.35. The molecule has 0 rings (SSSR count). The van der Waals surface area contributed by atoms with Gasteiger partial charge in [-0.25, -0.2) is 4.57 Å². The van der Waals surface area contributed by atoms with Gasteiger partial charge in [0, 0.05) is 0 Å². The van der Waals surface area contributed by atoms with Crippen LogP contribution in [0.1, 0.15) is 0 Å². The van der Waals surface area contributed by atoms with Crippen LogP contribution in [0, 0.1) is 0 Å². The van der Waals surface area contributed by atoms with Gasteiger partial charge >= 0.3 is 7.82 Å². The third-order valence-electron chi connectivity index (χ3n) is 0.880. The average molecular weight is 200 g/mol. The maximum absolute atomic E-state index is 10.1. The number of aliphatic hydroxyl groups is 1. The van der Waals surface area contributed by atoms with Crippen LogP contribution in [0.25, 0.3) is 0 Å². The van der Waals surface area contributed by atoms with Crippen LogP contribution in [-0.4, -0.2) is 40.7 Å². The van der Waals surface area contributed by atoms with Crippen molar-refractivity contribution in [2.24, 2.45) is 0 Å². The number of phosphoric acid groups is 1. The van der Waals surface area contributed by atoms with E-state index < -0.39 is 27.1 Å². The molecule has 0 aliphatic heterocycles. The monoisotopic (exact) mass is 200 g/mol. The Labute approximate surface area is 68.2 Å². The Morgan fingerprint density at radius 2 is 2.08 bits per heavy atom. The van der Waals surface area contributed by atoms with Gasteiger partial charge in [0.25, 0.3) is 6.47 Å². The van der Waals surface area contributed by atoms with Crippen molar-refractivity contribution in [2.75, 3.05) is 13.2 Å². The summed E-state index contributed by atoms with van der Waals surface area (Å²) in [6.07, 6.45) is -1.05. The maximum Gasteiger partial charge on any atom is 0.469 e. The number of phosphoric ester groups is 1. The van der Waals surface area contributed by atoms with Crippen LogP contribution in [0.2, 0.25) is 0 Å². The summed E-state index contributed by atoms with van der Waals surface area (Å²) in [6, 6.07) is 0. The molecule has 0 aromatic carbocycles. The highest BCUT2D eigenvalue weighted by Gasteiger charge is 2.18. The molecular weight excluding hydrogens is 191 g/mol. The van der Waals surface area contributed by atoms with E-state index in [-0.39, 0.29) is 6.47 Å². The van der Waals surface area contributed by atoms with Crippen molar-refractivity contribution in [3.8, 4) is 0 Å². The van der Waals surface area contributed by atoms with Crippen molar-refractivity contribution >= 4 is 14.3 Å². The van der Waals surface area contributed by atoms with E-state index in [0.29, 0.717) is 0 Å². The molecule has 0 bridgehead atoms. The number of carbonyl (C=O) groups is 1. The zero-order valence-electron chi connectivity index (χ0n) is 5.99. The van der Waals surface area contributed by atoms with Gasteiger partial charge in [0.2, 0.25) is 0 Å². The first-order chi connectivity index (χ1) is 5.49. The van der Waals surface area contributed by atoms with Crippen LogP contribution in [-0.2, 0) is 18.6 Å². The second-order valence-electron chi connectivity index (χ2n) is 1.82. The molecule has 1 atom stereocenters. The third-order valence-corrected chi connectivity index (χ3v) is 1.37. The fraction of sp³-hybridized carbons (Fsp3) is 0.750. The Kier molecular flexibility index (Phi) is 5.03. The Morgan fingerprint density at radius 1 is 1.50 bits per heavy atom. The van der Waals surface area contributed by atoms with E-state index in [0.717, 1.165) is 0 Å². The SMILES string of the molecule is O=CO[C@H](CO)COP(=O)(O)O. The maximum atomic E-state index is 10.1. The number of carbonyl (C=O) groups excluding carboxylic acids is 1.